The maximum atomic E-state index is 11.7. The highest BCUT2D eigenvalue weighted by Crippen LogP contribution is 2.29. The van der Waals surface area contributed by atoms with Gasteiger partial charge in [-0.15, -0.1) is 5.10 Å². The zero-order chi connectivity index (χ0) is 16.9. The Hall–Kier alpha value is -2.08. The molecular formula is C17H20ClN3O3. The molecule has 2 heterocycles. The van der Waals surface area contributed by atoms with Crippen LogP contribution in [0.4, 0.5) is 0 Å². The minimum Gasteiger partial charge on any atom is -0.477 e. The zero-order valence-corrected chi connectivity index (χ0v) is 14.3. The smallest absolute Gasteiger partial charge is 0.341 e. The number of esters is 1. The Kier molecular flexibility index (Phi) is 5.35. The molecule has 1 fully saturated rings. The molecule has 1 saturated carbocycles. The van der Waals surface area contributed by atoms with Gasteiger partial charge in [-0.3, -0.25) is 0 Å². The molecule has 0 unspecified atom stereocenters. The lowest BCUT2D eigenvalue weighted by molar-refractivity contribution is 0.0526. The van der Waals surface area contributed by atoms with E-state index in [2.05, 4.69) is 10.1 Å². The first kappa shape index (κ1) is 16.8. The van der Waals surface area contributed by atoms with Crippen LogP contribution in [-0.4, -0.2) is 33.9 Å². The topological polar surface area (TPSA) is 66.2 Å². The Morgan fingerprint density at radius 3 is 2.88 bits per heavy atom. The summed E-state index contributed by atoms with van der Waals surface area (Å²) in [6, 6.07) is 5.04. The molecule has 1 aliphatic carbocycles. The largest absolute Gasteiger partial charge is 0.477 e. The maximum absolute atomic E-state index is 11.7. The van der Waals surface area contributed by atoms with Crippen LogP contribution in [0, 0.1) is 5.92 Å². The fraction of sp³-hybridized carbons (Fsp3) is 0.471. The number of hydrogen-bond donors (Lipinski definition) is 0. The van der Waals surface area contributed by atoms with Crippen LogP contribution in [0.2, 0.25) is 5.15 Å². The Balaban J connectivity index is 1.63. The molecule has 1 aliphatic rings. The molecule has 0 saturated heterocycles. The van der Waals surface area contributed by atoms with Crippen molar-refractivity contribution in [2.75, 3.05) is 13.2 Å². The summed E-state index contributed by atoms with van der Waals surface area (Å²) in [6.45, 7) is 2.71. The SMILES string of the molecule is CCOC(=O)c1ccc(-n2ccc(OCCC3CCC3)n2)nc1Cl. The fourth-order valence-corrected chi connectivity index (χ4v) is 2.76. The average Bonchev–Trinajstić information content (AvgIpc) is 2.98. The van der Waals surface area contributed by atoms with Gasteiger partial charge in [0, 0.05) is 12.3 Å². The summed E-state index contributed by atoms with van der Waals surface area (Å²) in [6.07, 6.45) is 6.79. The lowest BCUT2D eigenvalue weighted by atomic mass is 9.83. The van der Waals surface area contributed by atoms with Gasteiger partial charge >= 0.3 is 5.97 Å². The van der Waals surface area contributed by atoms with Crippen LogP contribution in [0.1, 0.15) is 43.0 Å². The predicted octanol–water partition coefficient (Wildman–Crippen LogP) is 3.67. The second-order valence-electron chi connectivity index (χ2n) is 5.76. The summed E-state index contributed by atoms with van der Waals surface area (Å²) in [7, 11) is 0. The van der Waals surface area contributed by atoms with Crippen LogP contribution in [0.3, 0.4) is 0 Å². The van der Waals surface area contributed by atoms with Crippen LogP contribution in [0.25, 0.3) is 5.82 Å². The Bertz CT molecular complexity index is 713. The lowest BCUT2D eigenvalue weighted by Gasteiger charge is -2.24. The van der Waals surface area contributed by atoms with Gasteiger partial charge in [-0.1, -0.05) is 30.9 Å². The molecule has 24 heavy (non-hydrogen) atoms. The molecule has 0 amide bonds. The highest BCUT2D eigenvalue weighted by Gasteiger charge is 2.17. The van der Waals surface area contributed by atoms with E-state index in [9.17, 15) is 4.79 Å². The summed E-state index contributed by atoms with van der Waals surface area (Å²) < 4.78 is 12.2. The maximum Gasteiger partial charge on any atom is 0.341 e. The molecule has 6 nitrogen and oxygen atoms in total. The Morgan fingerprint density at radius 2 is 2.21 bits per heavy atom. The standard InChI is InChI=1S/C17H20ClN3O3/c1-2-23-17(22)13-6-7-14(19-16(13)18)21-10-8-15(20-21)24-11-9-12-4-3-5-12/h6-8,10,12H,2-5,9,11H2,1H3. The molecule has 0 atom stereocenters. The van der Waals surface area contributed by atoms with E-state index in [1.807, 2.05) is 0 Å². The van der Waals surface area contributed by atoms with E-state index >= 15 is 0 Å². The van der Waals surface area contributed by atoms with Gasteiger partial charge < -0.3 is 9.47 Å². The van der Waals surface area contributed by atoms with Crippen molar-refractivity contribution < 1.29 is 14.3 Å². The van der Waals surface area contributed by atoms with Crippen molar-refractivity contribution >= 4 is 17.6 Å². The van der Waals surface area contributed by atoms with Crippen LogP contribution in [-0.2, 0) is 4.74 Å². The number of pyridine rings is 1. The normalized spacial score (nSPS) is 14.2. The minimum absolute atomic E-state index is 0.0916. The second kappa shape index (κ2) is 7.66. The van der Waals surface area contributed by atoms with Crippen molar-refractivity contribution in [3.63, 3.8) is 0 Å². The highest BCUT2D eigenvalue weighted by atomic mass is 35.5. The molecule has 0 spiro atoms. The fourth-order valence-electron chi connectivity index (χ4n) is 2.54. The van der Waals surface area contributed by atoms with E-state index in [0.717, 1.165) is 12.3 Å². The third kappa shape index (κ3) is 3.87. The van der Waals surface area contributed by atoms with Crippen LogP contribution < -0.4 is 4.74 Å². The molecule has 128 valence electrons. The molecule has 0 radical (unpaired) electrons. The number of ether oxygens (including phenoxy) is 2. The molecule has 2 aromatic rings. The molecule has 3 rings (SSSR count). The first-order valence-corrected chi connectivity index (χ1v) is 8.57. The Labute approximate surface area is 145 Å². The molecule has 0 aromatic carbocycles. The molecule has 0 N–H and O–H groups in total. The van der Waals surface area contributed by atoms with E-state index < -0.39 is 5.97 Å². The van der Waals surface area contributed by atoms with E-state index in [0.29, 0.717) is 18.3 Å². The zero-order valence-electron chi connectivity index (χ0n) is 13.6. The van der Waals surface area contributed by atoms with Gasteiger partial charge in [-0.2, -0.15) is 0 Å². The number of hydrogen-bond acceptors (Lipinski definition) is 5. The summed E-state index contributed by atoms with van der Waals surface area (Å²) in [5, 5.41) is 4.42. The van der Waals surface area contributed by atoms with Gasteiger partial charge in [-0.05, 0) is 31.4 Å². The number of carbonyl (C=O) groups is 1. The van der Waals surface area contributed by atoms with Gasteiger partial charge in [0.25, 0.3) is 0 Å². The van der Waals surface area contributed by atoms with Crippen LogP contribution in [0.5, 0.6) is 5.88 Å². The summed E-state index contributed by atoms with van der Waals surface area (Å²) >= 11 is 6.07. The number of nitrogens with zero attached hydrogens (tertiary/aromatic N) is 3. The van der Waals surface area contributed by atoms with E-state index in [-0.39, 0.29) is 17.3 Å². The molecule has 0 aliphatic heterocycles. The van der Waals surface area contributed by atoms with Crippen LogP contribution in [0.15, 0.2) is 24.4 Å². The van der Waals surface area contributed by atoms with E-state index in [4.69, 9.17) is 21.1 Å². The third-order valence-corrected chi connectivity index (χ3v) is 4.42. The summed E-state index contributed by atoms with van der Waals surface area (Å²) in [5.74, 6) is 1.40. The molecule has 0 bridgehead atoms. The molecule has 7 heteroatoms. The van der Waals surface area contributed by atoms with E-state index in [1.165, 1.54) is 19.3 Å². The van der Waals surface area contributed by atoms with Crippen molar-refractivity contribution in [2.45, 2.75) is 32.6 Å². The lowest BCUT2D eigenvalue weighted by Crippen LogP contribution is -2.14. The van der Waals surface area contributed by atoms with E-state index in [1.54, 1.807) is 36.0 Å². The first-order chi connectivity index (χ1) is 11.7. The number of aromatic nitrogens is 3. The first-order valence-electron chi connectivity index (χ1n) is 8.20. The van der Waals surface area contributed by atoms with Crippen molar-refractivity contribution in [1.29, 1.82) is 0 Å². The van der Waals surface area contributed by atoms with Gasteiger partial charge in [-0.25, -0.2) is 14.5 Å². The van der Waals surface area contributed by atoms with Crippen molar-refractivity contribution in [3.05, 3.63) is 35.1 Å². The van der Waals surface area contributed by atoms with Gasteiger partial charge in [0.15, 0.2) is 5.82 Å². The number of halogens is 1. The van der Waals surface area contributed by atoms with Gasteiger partial charge in [0.2, 0.25) is 5.88 Å². The molecule has 2 aromatic heterocycles. The van der Waals surface area contributed by atoms with Crippen molar-refractivity contribution in [2.24, 2.45) is 5.92 Å². The quantitative estimate of drug-likeness (QED) is 0.563. The Morgan fingerprint density at radius 1 is 1.38 bits per heavy atom. The summed E-state index contributed by atoms with van der Waals surface area (Å²) in [4.78, 5) is 15.9. The van der Waals surface area contributed by atoms with Gasteiger partial charge in [0.05, 0.1) is 18.8 Å². The minimum atomic E-state index is -0.484. The predicted molar refractivity (Wildman–Crippen MR) is 89.8 cm³/mol. The highest BCUT2D eigenvalue weighted by molar-refractivity contribution is 6.32. The number of rotatable bonds is 7. The molecular weight excluding hydrogens is 330 g/mol. The third-order valence-electron chi connectivity index (χ3n) is 4.13. The van der Waals surface area contributed by atoms with Gasteiger partial charge in [0.1, 0.15) is 5.15 Å². The second-order valence-corrected chi connectivity index (χ2v) is 6.12. The van der Waals surface area contributed by atoms with Crippen molar-refractivity contribution in [3.8, 4) is 11.7 Å². The average molecular weight is 350 g/mol. The van der Waals surface area contributed by atoms with Crippen molar-refractivity contribution in [1.82, 2.24) is 14.8 Å². The van der Waals surface area contributed by atoms with Crippen LogP contribution >= 0.6 is 11.6 Å². The summed E-state index contributed by atoms with van der Waals surface area (Å²) in [5.41, 5.74) is 0.242. The number of carbonyl (C=O) groups excluding carboxylic acids is 1. The monoisotopic (exact) mass is 349 g/mol.